The molecule has 0 amide bonds. The average Bonchev–Trinajstić information content (AvgIpc) is 2.82. The predicted octanol–water partition coefficient (Wildman–Crippen LogP) is 5.19. The minimum atomic E-state index is -0.303. The number of nitrogens with one attached hydrogen (secondary N) is 1. The summed E-state index contributed by atoms with van der Waals surface area (Å²) in [6.45, 7) is 0. The predicted molar refractivity (Wildman–Crippen MR) is 117 cm³/mol. The zero-order valence-corrected chi connectivity index (χ0v) is 17.5. The topological polar surface area (TPSA) is 61.3 Å². The quantitative estimate of drug-likeness (QED) is 0.554. The molecule has 160 valence electrons. The molecule has 0 saturated heterocycles. The van der Waals surface area contributed by atoms with Crippen molar-refractivity contribution in [2.45, 2.75) is 12.5 Å². The molecule has 0 bridgehead atoms. The Labute approximate surface area is 180 Å². The number of nitrogens with zero attached hydrogens (tertiary/aromatic N) is 1. The summed E-state index contributed by atoms with van der Waals surface area (Å²) in [5, 5.41) is 4.62. The lowest BCUT2D eigenvalue weighted by molar-refractivity contribution is 0.204. The van der Waals surface area contributed by atoms with Crippen LogP contribution in [0.3, 0.4) is 0 Å². The molecule has 1 heterocycles. The van der Waals surface area contributed by atoms with Gasteiger partial charge in [0, 0.05) is 18.6 Å². The van der Waals surface area contributed by atoms with Crippen LogP contribution in [0.25, 0.3) is 0 Å². The molecule has 0 spiro atoms. The number of hydrazone groups is 1. The zero-order valence-electron chi connectivity index (χ0n) is 17.5. The Hall–Kier alpha value is -3.74. The molecule has 3 aromatic rings. The van der Waals surface area contributed by atoms with E-state index in [1.54, 1.807) is 39.5 Å². The highest BCUT2D eigenvalue weighted by molar-refractivity contribution is 6.07. The molecular formula is C24H23FN2O4. The third kappa shape index (κ3) is 4.40. The summed E-state index contributed by atoms with van der Waals surface area (Å²) in [5.41, 5.74) is 6.18. The number of hydrogen-bond acceptors (Lipinski definition) is 6. The Balaban J connectivity index is 1.74. The van der Waals surface area contributed by atoms with Crippen molar-refractivity contribution in [2.75, 3.05) is 26.8 Å². The van der Waals surface area contributed by atoms with Gasteiger partial charge in [-0.2, -0.15) is 5.10 Å². The van der Waals surface area contributed by atoms with Gasteiger partial charge in [-0.15, -0.1) is 0 Å². The second kappa shape index (κ2) is 8.95. The summed E-state index contributed by atoms with van der Waals surface area (Å²) < 4.78 is 35.8. The number of fused-ring (bicyclic) bond motifs is 1. The number of hydrogen-bond donors (Lipinski definition) is 1. The van der Waals surface area contributed by atoms with Crippen molar-refractivity contribution in [1.29, 1.82) is 0 Å². The third-order valence-corrected chi connectivity index (χ3v) is 5.08. The number of anilines is 1. The van der Waals surface area contributed by atoms with Crippen LogP contribution in [0.15, 0.2) is 65.8 Å². The molecule has 0 fully saturated rings. The van der Waals surface area contributed by atoms with Crippen molar-refractivity contribution in [2.24, 2.45) is 5.10 Å². The first-order valence-electron chi connectivity index (χ1n) is 9.76. The van der Waals surface area contributed by atoms with Gasteiger partial charge in [0.15, 0.2) is 0 Å². The van der Waals surface area contributed by atoms with Crippen molar-refractivity contribution in [3.05, 3.63) is 77.6 Å². The van der Waals surface area contributed by atoms with Crippen LogP contribution in [0.2, 0.25) is 0 Å². The minimum Gasteiger partial charge on any atom is -0.497 e. The maximum Gasteiger partial charge on any atom is 0.136 e. The van der Waals surface area contributed by atoms with Crippen molar-refractivity contribution in [1.82, 2.24) is 0 Å². The smallest absolute Gasteiger partial charge is 0.136 e. The molecule has 6 nitrogen and oxygen atoms in total. The van der Waals surface area contributed by atoms with Gasteiger partial charge in [0.2, 0.25) is 0 Å². The SMILES string of the molecule is COc1ccc(C2C/C(=N\Nc3ccc(F)cc3)c3c(OC)cc(OC)cc3O2)cc1. The van der Waals surface area contributed by atoms with E-state index < -0.39 is 0 Å². The summed E-state index contributed by atoms with van der Waals surface area (Å²) in [6, 6.07) is 17.4. The van der Waals surface area contributed by atoms with Crippen LogP contribution < -0.4 is 24.4 Å². The second-order valence-electron chi connectivity index (χ2n) is 6.96. The van der Waals surface area contributed by atoms with Crippen LogP contribution in [0.5, 0.6) is 23.0 Å². The number of halogens is 1. The first-order chi connectivity index (χ1) is 15.1. The first kappa shape index (κ1) is 20.5. The summed E-state index contributed by atoms with van der Waals surface area (Å²) in [7, 11) is 4.82. The van der Waals surface area contributed by atoms with Gasteiger partial charge < -0.3 is 18.9 Å². The lowest BCUT2D eigenvalue weighted by Gasteiger charge is -2.29. The lowest BCUT2D eigenvalue weighted by atomic mass is 9.94. The van der Waals surface area contributed by atoms with Crippen LogP contribution >= 0.6 is 0 Å². The van der Waals surface area contributed by atoms with Crippen LogP contribution in [-0.4, -0.2) is 27.0 Å². The van der Waals surface area contributed by atoms with Gasteiger partial charge in [-0.25, -0.2) is 4.39 Å². The van der Waals surface area contributed by atoms with Gasteiger partial charge in [-0.3, -0.25) is 5.43 Å². The Kier molecular flexibility index (Phi) is 5.93. The maximum atomic E-state index is 13.2. The van der Waals surface area contributed by atoms with Crippen LogP contribution in [0, 0.1) is 5.82 Å². The highest BCUT2D eigenvalue weighted by Gasteiger charge is 2.30. The molecule has 1 atom stereocenters. The minimum absolute atomic E-state index is 0.260. The fourth-order valence-electron chi connectivity index (χ4n) is 3.46. The molecular weight excluding hydrogens is 399 g/mol. The second-order valence-corrected chi connectivity index (χ2v) is 6.96. The summed E-state index contributed by atoms with van der Waals surface area (Å²) in [6.07, 6.45) is 0.250. The van der Waals surface area contributed by atoms with E-state index in [0.717, 1.165) is 22.6 Å². The van der Waals surface area contributed by atoms with E-state index >= 15 is 0 Å². The highest BCUT2D eigenvalue weighted by Crippen LogP contribution is 2.42. The molecule has 1 N–H and O–H groups in total. The van der Waals surface area contributed by atoms with Crippen LogP contribution in [0.1, 0.15) is 23.7 Å². The molecule has 0 saturated carbocycles. The molecule has 1 unspecified atom stereocenters. The Morgan fingerprint density at radius 2 is 1.61 bits per heavy atom. The van der Waals surface area contributed by atoms with Gasteiger partial charge in [0.05, 0.1) is 38.3 Å². The number of methoxy groups -OCH3 is 3. The van der Waals surface area contributed by atoms with Gasteiger partial charge in [0.25, 0.3) is 0 Å². The molecule has 4 rings (SSSR count). The fraction of sp³-hybridized carbons (Fsp3) is 0.208. The summed E-state index contributed by atoms with van der Waals surface area (Å²) in [5.74, 6) is 2.31. The lowest BCUT2D eigenvalue weighted by Crippen LogP contribution is -2.22. The van der Waals surface area contributed by atoms with Crippen molar-refractivity contribution >= 4 is 11.4 Å². The third-order valence-electron chi connectivity index (χ3n) is 5.08. The average molecular weight is 422 g/mol. The molecule has 31 heavy (non-hydrogen) atoms. The molecule has 0 radical (unpaired) electrons. The van der Waals surface area contributed by atoms with Crippen molar-refractivity contribution in [3.63, 3.8) is 0 Å². The normalized spacial score (nSPS) is 16.3. The number of ether oxygens (including phenoxy) is 4. The van der Waals surface area contributed by atoms with Gasteiger partial charge in [-0.1, -0.05) is 12.1 Å². The van der Waals surface area contributed by atoms with Crippen molar-refractivity contribution < 1.29 is 23.3 Å². The summed E-state index contributed by atoms with van der Waals surface area (Å²) in [4.78, 5) is 0. The van der Waals surface area contributed by atoms with Gasteiger partial charge in [-0.05, 0) is 42.0 Å². The standard InChI is InChI=1S/C24H23FN2O4/c1-28-18-10-4-15(5-11-18)21-14-20(27-26-17-8-6-16(25)7-9-17)24-22(30-3)12-19(29-2)13-23(24)31-21/h4-13,21,26H,14H2,1-3H3/b27-20+. The fourth-order valence-corrected chi connectivity index (χ4v) is 3.46. The van der Waals surface area contributed by atoms with E-state index in [9.17, 15) is 4.39 Å². The zero-order chi connectivity index (χ0) is 21.8. The van der Waals surface area contributed by atoms with E-state index in [1.165, 1.54) is 12.1 Å². The molecule has 7 heteroatoms. The van der Waals surface area contributed by atoms with E-state index in [-0.39, 0.29) is 11.9 Å². The largest absolute Gasteiger partial charge is 0.497 e. The first-order valence-corrected chi connectivity index (χ1v) is 9.76. The highest BCUT2D eigenvalue weighted by atomic mass is 19.1. The van der Waals surface area contributed by atoms with Crippen LogP contribution in [0.4, 0.5) is 10.1 Å². The molecule has 0 aromatic heterocycles. The van der Waals surface area contributed by atoms with E-state index in [0.29, 0.717) is 29.4 Å². The van der Waals surface area contributed by atoms with E-state index in [2.05, 4.69) is 10.5 Å². The molecule has 0 aliphatic carbocycles. The Bertz CT molecular complexity index is 1080. The summed E-state index contributed by atoms with van der Waals surface area (Å²) >= 11 is 0. The van der Waals surface area contributed by atoms with Gasteiger partial charge >= 0.3 is 0 Å². The number of benzene rings is 3. The molecule has 1 aliphatic rings. The maximum absolute atomic E-state index is 13.2. The van der Waals surface area contributed by atoms with E-state index in [1.807, 2.05) is 30.3 Å². The van der Waals surface area contributed by atoms with Crippen LogP contribution in [-0.2, 0) is 0 Å². The number of rotatable bonds is 6. The monoisotopic (exact) mass is 422 g/mol. The van der Waals surface area contributed by atoms with Gasteiger partial charge in [0.1, 0.15) is 34.9 Å². The molecule has 1 aliphatic heterocycles. The Morgan fingerprint density at radius 3 is 2.26 bits per heavy atom. The van der Waals surface area contributed by atoms with E-state index in [4.69, 9.17) is 18.9 Å². The van der Waals surface area contributed by atoms with Crippen molar-refractivity contribution in [3.8, 4) is 23.0 Å². The molecule has 3 aromatic carbocycles. The Morgan fingerprint density at radius 1 is 0.903 bits per heavy atom.